The van der Waals surface area contributed by atoms with E-state index in [-0.39, 0.29) is 24.2 Å². The number of carbonyl (C=O) groups is 2. The number of esters is 1. The molecule has 0 radical (unpaired) electrons. The first-order valence-corrected chi connectivity index (χ1v) is 8.60. The Labute approximate surface area is 131 Å². The molecule has 0 bridgehead atoms. The van der Waals surface area contributed by atoms with E-state index in [1.807, 2.05) is 0 Å². The van der Waals surface area contributed by atoms with Crippen LogP contribution in [0, 0.1) is 0 Å². The van der Waals surface area contributed by atoms with Gasteiger partial charge in [0.2, 0.25) is 15.0 Å². The van der Waals surface area contributed by atoms with Gasteiger partial charge < -0.3 is 9.64 Å². The first kappa shape index (κ1) is 16.1. The molecule has 1 amide bonds. The van der Waals surface area contributed by atoms with Crippen LogP contribution in [-0.2, 0) is 18.6 Å². The number of anilines is 1. The Bertz CT molecular complexity index is 704. The number of ether oxygens (including phenoxy) is 1. The van der Waals surface area contributed by atoms with Crippen molar-refractivity contribution in [1.29, 1.82) is 0 Å². The topological polar surface area (TPSA) is 80.8 Å². The van der Waals surface area contributed by atoms with Gasteiger partial charge in [-0.25, -0.2) is 13.2 Å². The van der Waals surface area contributed by atoms with Crippen LogP contribution in [0.3, 0.4) is 0 Å². The first-order valence-electron chi connectivity index (χ1n) is 5.85. The van der Waals surface area contributed by atoms with Crippen LogP contribution in [0.4, 0.5) is 5.69 Å². The summed E-state index contributed by atoms with van der Waals surface area (Å²) in [5.41, 5.74) is 0.338. The number of amides is 1. The quantitative estimate of drug-likeness (QED) is 0.612. The Hall–Kier alpha value is -1.31. The molecule has 1 saturated heterocycles. The summed E-state index contributed by atoms with van der Waals surface area (Å²) in [6.07, 6.45) is -0.227. The minimum atomic E-state index is -3.86. The normalized spacial score (nSPS) is 18.9. The summed E-state index contributed by atoms with van der Waals surface area (Å²) in [4.78, 5) is 25.0. The van der Waals surface area contributed by atoms with E-state index in [0.717, 1.165) is 0 Å². The van der Waals surface area contributed by atoms with Crippen LogP contribution < -0.4 is 4.90 Å². The van der Waals surface area contributed by atoms with Gasteiger partial charge in [0, 0.05) is 28.7 Å². The molecule has 1 unspecified atom stereocenters. The highest BCUT2D eigenvalue weighted by atomic mass is 35.7. The zero-order valence-electron chi connectivity index (χ0n) is 10.9. The maximum atomic E-state index is 12.0. The standard InChI is InChI=1S/C12H11Cl2NO5S/c1-20-12(17)9-4-7(13)2-3-10(9)15-6-8(5-11(15)16)21(14,18)19/h2-4,8H,5-6H2,1H3. The molecule has 9 heteroatoms. The molecule has 1 heterocycles. The van der Waals surface area contributed by atoms with E-state index in [4.69, 9.17) is 22.3 Å². The average Bonchev–Trinajstić information content (AvgIpc) is 2.80. The van der Waals surface area contributed by atoms with Gasteiger partial charge in [-0.2, -0.15) is 0 Å². The molecule has 6 nitrogen and oxygen atoms in total. The van der Waals surface area contributed by atoms with Crippen molar-refractivity contribution in [2.45, 2.75) is 11.7 Å². The predicted molar refractivity (Wildman–Crippen MR) is 78.3 cm³/mol. The highest BCUT2D eigenvalue weighted by molar-refractivity contribution is 8.14. The molecule has 1 aromatic rings. The van der Waals surface area contributed by atoms with Crippen molar-refractivity contribution in [3.05, 3.63) is 28.8 Å². The fourth-order valence-electron chi connectivity index (χ4n) is 2.11. The van der Waals surface area contributed by atoms with Crippen LogP contribution in [0.2, 0.25) is 5.02 Å². The van der Waals surface area contributed by atoms with E-state index in [1.165, 1.54) is 30.2 Å². The third kappa shape index (κ3) is 3.30. The largest absolute Gasteiger partial charge is 0.465 e. The van der Waals surface area contributed by atoms with Crippen molar-refractivity contribution in [1.82, 2.24) is 0 Å². The number of benzene rings is 1. The minimum Gasteiger partial charge on any atom is -0.465 e. The number of carbonyl (C=O) groups excluding carboxylic acids is 2. The molecular weight excluding hydrogens is 341 g/mol. The summed E-state index contributed by atoms with van der Waals surface area (Å²) in [5, 5.41) is -0.708. The van der Waals surface area contributed by atoms with Crippen molar-refractivity contribution in [3.63, 3.8) is 0 Å². The summed E-state index contributed by atoms with van der Waals surface area (Å²) in [5.74, 6) is -1.10. The van der Waals surface area contributed by atoms with Gasteiger partial charge in [-0.1, -0.05) is 11.6 Å². The zero-order valence-corrected chi connectivity index (χ0v) is 13.2. The first-order chi connectivity index (χ1) is 9.74. The third-order valence-electron chi connectivity index (χ3n) is 3.14. The van der Waals surface area contributed by atoms with Crippen LogP contribution in [0.5, 0.6) is 0 Å². The van der Waals surface area contributed by atoms with Gasteiger partial charge in [-0.15, -0.1) is 0 Å². The maximum Gasteiger partial charge on any atom is 0.340 e. The number of rotatable bonds is 3. The molecule has 0 aliphatic carbocycles. The summed E-state index contributed by atoms with van der Waals surface area (Å²) in [6.45, 7) is -0.115. The number of methoxy groups -OCH3 is 1. The molecule has 1 aromatic carbocycles. The monoisotopic (exact) mass is 351 g/mol. The lowest BCUT2D eigenvalue weighted by Gasteiger charge is -2.19. The van der Waals surface area contributed by atoms with Crippen molar-refractivity contribution in [3.8, 4) is 0 Å². The van der Waals surface area contributed by atoms with E-state index in [2.05, 4.69) is 4.74 Å². The molecule has 0 saturated carbocycles. The van der Waals surface area contributed by atoms with Crippen molar-refractivity contribution < 1.29 is 22.7 Å². The smallest absolute Gasteiger partial charge is 0.340 e. The van der Waals surface area contributed by atoms with Crippen LogP contribution >= 0.6 is 22.3 Å². The van der Waals surface area contributed by atoms with Gasteiger partial charge >= 0.3 is 5.97 Å². The lowest BCUT2D eigenvalue weighted by Crippen LogP contribution is -2.28. The van der Waals surface area contributed by atoms with E-state index in [0.29, 0.717) is 5.02 Å². The lowest BCUT2D eigenvalue weighted by atomic mass is 10.1. The van der Waals surface area contributed by atoms with E-state index in [9.17, 15) is 18.0 Å². The van der Waals surface area contributed by atoms with Crippen LogP contribution in [0.1, 0.15) is 16.8 Å². The van der Waals surface area contributed by atoms with E-state index < -0.39 is 26.2 Å². The molecule has 0 N–H and O–H groups in total. The number of nitrogens with zero attached hydrogens (tertiary/aromatic N) is 1. The average molecular weight is 352 g/mol. The summed E-state index contributed by atoms with van der Waals surface area (Å²) in [6, 6.07) is 4.33. The molecule has 2 rings (SSSR count). The summed E-state index contributed by atoms with van der Waals surface area (Å²) >= 11 is 5.83. The second kappa shape index (κ2) is 5.82. The number of hydrogen-bond donors (Lipinski definition) is 0. The number of hydrogen-bond acceptors (Lipinski definition) is 5. The second-order valence-corrected chi connectivity index (χ2v) is 7.80. The van der Waals surface area contributed by atoms with Crippen molar-refractivity contribution in [2.24, 2.45) is 0 Å². The van der Waals surface area contributed by atoms with E-state index in [1.54, 1.807) is 0 Å². The molecule has 0 spiro atoms. The fraction of sp³-hybridized carbons (Fsp3) is 0.333. The van der Waals surface area contributed by atoms with Crippen molar-refractivity contribution in [2.75, 3.05) is 18.6 Å². The Morgan fingerprint density at radius 1 is 1.43 bits per heavy atom. The van der Waals surface area contributed by atoms with E-state index >= 15 is 0 Å². The molecule has 1 aliphatic heterocycles. The Kier molecular flexibility index (Phi) is 4.46. The highest BCUT2D eigenvalue weighted by Crippen LogP contribution is 2.31. The Morgan fingerprint density at radius 2 is 2.10 bits per heavy atom. The van der Waals surface area contributed by atoms with Crippen LogP contribution in [0.15, 0.2) is 18.2 Å². The van der Waals surface area contributed by atoms with Gasteiger partial charge in [-0.3, -0.25) is 4.79 Å². The highest BCUT2D eigenvalue weighted by Gasteiger charge is 2.39. The van der Waals surface area contributed by atoms with Gasteiger partial charge in [0.25, 0.3) is 0 Å². The van der Waals surface area contributed by atoms with Crippen LogP contribution in [0.25, 0.3) is 0 Å². The summed E-state index contributed by atoms with van der Waals surface area (Å²) < 4.78 is 27.4. The van der Waals surface area contributed by atoms with Gasteiger partial charge in [0.15, 0.2) is 0 Å². The maximum absolute atomic E-state index is 12.0. The Balaban J connectivity index is 2.43. The SMILES string of the molecule is COC(=O)c1cc(Cl)ccc1N1CC(S(=O)(=O)Cl)CC1=O. The van der Waals surface area contributed by atoms with Gasteiger partial charge in [-0.05, 0) is 18.2 Å². The van der Waals surface area contributed by atoms with Gasteiger partial charge in [0.1, 0.15) is 5.25 Å². The Morgan fingerprint density at radius 3 is 2.62 bits per heavy atom. The fourth-order valence-corrected chi connectivity index (χ4v) is 3.31. The number of halogens is 2. The van der Waals surface area contributed by atoms with Gasteiger partial charge in [0.05, 0.1) is 18.4 Å². The predicted octanol–water partition coefficient (Wildman–Crippen LogP) is 1.80. The minimum absolute atomic E-state index is 0.0889. The molecule has 0 aromatic heterocycles. The van der Waals surface area contributed by atoms with Crippen molar-refractivity contribution >= 4 is 48.9 Å². The molecule has 1 aliphatic rings. The zero-order chi connectivity index (χ0) is 15.8. The molecule has 114 valence electrons. The molecule has 1 fully saturated rings. The molecular formula is C12H11Cl2NO5S. The molecule has 1 atom stereocenters. The van der Waals surface area contributed by atoms with Crippen LogP contribution in [-0.4, -0.2) is 39.2 Å². The molecule has 21 heavy (non-hydrogen) atoms. The lowest BCUT2D eigenvalue weighted by molar-refractivity contribution is -0.117. The second-order valence-electron chi connectivity index (χ2n) is 4.46. The summed E-state index contributed by atoms with van der Waals surface area (Å²) in [7, 11) is 2.64. The third-order valence-corrected chi connectivity index (χ3v) is 5.25.